The summed E-state index contributed by atoms with van der Waals surface area (Å²) in [5.41, 5.74) is 0.577. The Hall–Kier alpha value is -1.63. The molecule has 152 valence electrons. The number of carbonyl (C=O) groups is 3. The fourth-order valence-electron chi connectivity index (χ4n) is 4.90. The Kier molecular flexibility index (Phi) is 5.90. The van der Waals surface area contributed by atoms with Gasteiger partial charge in [-0.05, 0) is 61.8 Å². The van der Waals surface area contributed by atoms with Gasteiger partial charge in [-0.25, -0.2) is 4.79 Å². The van der Waals surface area contributed by atoms with Gasteiger partial charge >= 0.3 is 6.03 Å². The molecule has 4 amide bonds. The molecule has 3 unspecified atom stereocenters. The first-order chi connectivity index (χ1) is 13.5. The van der Waals surface area contributed by atoms with E-state index in [9.17, 15) is 14.4 Å². The van der Waals surface area contributed by atoms with Crippen molar-refractivity contribution in [3.05, 3.63) is 11.5 Å². The molecule has 0 saturated heterocycles. The van der Waals surface area contributed by atoms with Crippen molar-refractivity contribution in [3.8, 4) is 0 Å². The van der Waals surface area contributed by atoms with Crippen LogP contribution in [-0.2, 0) is 9.59 Å². The van der Waals surface area contributed by atoms with E-state index in [1.165, 1.54) is 35.9 Å². The number of allylic oxidation sites excluding steroid dienone is 1. The Balaban J connectivity index is 1.27. The number of fused-ring (bicyclic) bond motifs is 1. The Morgan fingerprint density at radius 2 is 1.93 bits per heavy atom. The third-order valence-corrected chi connectivity index (χ3v) is 7.77. The second-order valence-electron chi connectivity index (χ2n) is 8.68. The lowest BCUT2D eigenvalue weighted by atomic mass is 9.80. The summed E-state index contributed by atoms with van der Waals surface area (Å²) in [6, 6.07) is -0.110. The average Bonchev–Trinajstić information content (AvgIpc) is 3.16. The molecule has 1 N–H and O–H groups in total. The molecule has 0 bridgehead atoms. The van der Waals surface area contributed by atoms with E-state index in [2.05, 4.69) is 17.2 Å². The number of nitrogens with zero attached hydrogens (tertiary/aromatic N) is 2. The zero-order chi connectivity index (χ0) is 19.7. The molecule has 2 heterocycles. The molecule has 0 radical (unpaired) electrons. The molecule has 2 aliphatic carbocycles. The summed E-state index contributed by atoms with van der Waals surface area (Å²) in [6.07, 6.45) is 9.95. The van der Waals surface area contributed by atoms with E-state index in [4.69, 9.17) is 0 Å². The first kappa shape index (κ1) is 19.7. The third-order valence-electron chi connectivity index (χ3n) is 6.77. The summed E-state index contributed by atoms with van der Waals surface area (Å²) in [5.74, 6) is 0.957. The minimum absolute atomic E-state index is 0.0670. The number of hydrogen-bond acceptors (Lipinski definition) is 4. The third kappa shape index (κ3) is 4.04. The molecular formula is C21H29N3O3S. The number of hydrogen-bond donors (Lipinski definition) is 1. The highest BCUT2D eigenvalue weighted by molar-refractivity contribution is 8.04. The quantitative estimate of drug-likeness (QED) is 0.779. The van der Waals surface area contributed by atoms with Crippen LogP contribution in [0.4, 0.5) is 4.79 Å². The zero-order valence-electron chi connectivity index (χ0n) is 16.4. The van der Waals surface area contributed by atoms with Crippen molar-refractivity contribution in [2.45, 2.75) is 69.6 Å². The van der Waals surface area contributed by atoms with Gasteiger partial charge in [-0.2, -0.15) is 4.99 Å². The van der Waals surface area contributed by atoms with E-state index in [1.807, 2.05) is 5.41 Å². The minimum Gasteiger partial charge on any atom is -0.353 e. The molecule has 0 aromatic heterocycles. The zero-order valence-corrected chi connectivity index (χ0v) is 17.2. The van der Waals surface area contributed by atoms with Crippen LogP contribution in [0, 0.1) is 17.8 Å². The summed E-state index contributed by atoms with van der Waals surface area (Å²) < 4.78 is 0. The minimum atomic E-state index is -0.436. The molecule has 0 spiro atoms. The van der Waals surface area contributed by atoms with Crippen molar-refractivity contribution in [3.63, 3.8) is 0 Å². The first-order valence-electron chi connectivity index (χ1n) is 10.6. The summed E-state index contributed by atoms with van der Waals surface area (Å²) in [4.78, 5) is 42.9. The highest BCUT2D eigenvalue weighted by atomic mass is 32.2. The van der Waals surface area contributed by atoms with Crippen LogP contribution in [0.15, 0.2) is 16.5 Å². The monoisotopic (exact) mass is 403 g/mol. The molecule has 2 fully saturated rings. The van der Waals surface area contributed by atoms with Crippen molar-refractivity contribution in [2.24, 2.45) is 22.7 Å². The summed E-state index contributed by atoms with van der Waals surface area (Å²) in [6.45, 7) is 2.67. The average molecular weight is 404 g/mol. The first-order valence-corrected chi connectivity index (χ1v) is 11.5. The van der Waals surface area contributed by atoms with Crippen LogP contribution in [0.2, 0.25) is 0 Å². The predicted octanol–water partition coefficient (Wildman–Crippen LogP) is 3.52. The number of urea groups is 1. The van der Waals surface area contributed by atoms with E-state index in [1.54, 1.807) is 6.08 Å². The van der Waals surface area contributed by atoms with Crippen LogP contribution in [-0.4, -0.2) is 46.3 Å². The molecule has 0 aromatic rings. The van der Waals surface area contributed by atoms with Crippen LogP contribution in [0.1, 0.15) is 58.3 Å². The van der Waals surface area contributed by atoms with Crippen LogP contribution >= 0.6 is 11.8 Å². The van der Waals surface area contributed by atoms with E-state index in [0.29, 0.717) is 24.2 Å². The van der Waals surface area contributed by atoms with Crippen LogP contribution in [0.3, 0.4) is 0 Å². The number of thioether (sulfide) groups is 1. The van der Waals surface area contributed by atoms with Crippen LogP contribution in [0.25, 0.3) is 0 Å². The van der Waals surface area contributed by atoms with Crippen molar-refractivity contribution < 1.29 is 14.4 Å². The van der Waals surface area contributed by atoms with E-state index >= 15 is 0 Å². The topological polar surface area (TPSA) is 78.8 Å². The largest absolute Gasteiger partial charge is 0.353 e. The number of amides is 4. The maximum Gasteiger partial charge on any atom is 0.350 e. The van der Waals surface area contributed by atoms with Gasteiger partial charge < -0.3 is 5.32 Å². The number of nitrogens with one attached hydrogen (secondary N) is 1. The SMILES string of the molecule is CC1CCCCC1NC(=O)C1CCC(CN2C(=O)N=C3C=CSC3C2=O)CC1. The van der Waals surface area contributed by atoms with Crippen molar-refractivity contribution in [1.82, 2.24) is 10.2 Å². The number of rotatable bonds is 4. The molecule has 3 atom stereocenters. The van der Waals surface area contributed by atoms with Gasteiger partial charge in [-0.3, -0.25) is 14.5 Å². The molecule has 7 heteroatoms. The smallest absolute Gasteiger partial charge is 0.350 e. The Morgan fingerprint density at radius 1 is 1.18 bits per heavy atom. The van der Waals surface area contributed by atoms with Crippen molar-refractivity contribution in [1.29, 1.82) is 0 Å². The predicted molar refractivity (Wildman–Crippen MR) is 110 cm³/mol. The van der Waals surface area contributed by atoms with Gasteiger partial charge in [0.2, 0.25) is 11.8 Å². The van der Waals surface area contributed by atoms with Gasteiger partial charge in [0.1, 0.15) is 5.25 Å². The van der Waals surface area contributed by atoms with Gasteiger partial charge in [-0.1, -0.05) is 19.8 Å². The van der Waals surface area contributed by atoms with E-state index in [-0.39, 0.29) is 28.9 Å². The lowest BCUT2D eigenvalue weighted by molar-refractivity contribution is -0.129. The highest BCUT2D eigenvalue weighted by Crippen LogP contribution is 2.33. The van der Waals surface area contributed by atoms with Crippen molar-refractivity contribution in [2.75, 3.05) is 6.54 Å². The maximum atomic E-state index is 12.7. The number of imide groups is 1. The standard InChI is InChI=1S/C21H29N3O3S/c1-13-4-2-3-5-16(13)22-19(25)15-8-6-14(7-9-15)12-24-20(26)18-17(10-11-28-18)23-21(24)27/h10-11,13-16,18H,2-9,12H2,1H3,(H,22,25). The molecule has 2 saturated carbocycles. The number of aliphatic imine (C=N–C) groups is 1. The molecule has 2 aliphatic heterocycles. The van der Waals surface area contributed by atoms with Crippen LogP contribution < -0.4 is 5.32 Å². The Bertz CT molecular complexity index is 712. The second-order valence-corrected chi connectivity index (χ2v) is 9.70. The molecule has 4 aliphatic rings. The van der Waals surface area contributed by atoms with E-state index < -0.39 is 6.03 Å². The van der Waals surface area contributed by atoms with Crippen molar-refractivity contribution >= 4 is 35.3 Å². The maximum absolute atomic E-state index is 12.7. The lowest BCUT2D eigenvalue weighted by Crippen LogP contribution is -2.49. The lowest BCUT2D eigenvalue weighted by Gasteiger charge is -2.35. The molecule has 28 heavy (non-hydrogen) atoms. The summed E-state index contributed by atoms with van der Waals surface area (Å²) >= 11 is 1.42. The Morgan fingerprint density at radius 3 is 2.68 bits per heavy atom. The fourth-order valence-corrected chi connectivity index (χ4v) is 5.79. The van der Waals surface area contributed by atoms with Gasteiger partial charge in [0.25, 0.3) is 0 Å². The van der Waals surface area contributed by atoms with Crippen LogP contribution in [0.5, 0.6) is 0 Å². The van der Waals surface area contributed by atoms with Gasteiger partial charge in [-0.15, -0.1) is 11.8 Å². The number of carbonyl (C=O) groups excluding carboxylic acids is 3. The second kappa shape index (κ2) is 8.39. The summed E-state index contributed by atoms with van der Waals surface area (Å²) in [7, 11) is 0. The molecular weight excluding hydrogens is 374 g/mol. The molecule has 4 rings (SSSR count). The highest BCUT2D eigenvalue weighted by Gasteiger charge is 2.40. The molecule has 6 nitrogen and oxygen atoms in total. The van der Waals surface area contributed by atoms with Gasteiger partial charge in [0.15, 0.2) is 0 Å². The Labute approximate surface area is 170 Å². The summed E-state index contributed by atoms with van der Waals surface area (Å²) in [5, 5.41) is 4.77. The van der Waals surface area contributed by atoms with E-state index in [0.717, 1.165) is 32.1 Å². The normalized spacial score (nSPS) is 35.5. The van der Waals surface area contributed by atoms with Gasteiger partial charge in [0.05, 0.1) is 5.71 Å². The molecule has 0 aromatic carbocycles. The van der Waals surface area contributed by atoms with Gasteiger partial charge in [0, 0.05) is 18.5 Å². The fraction of sp³-hybridized carbons (Fsp3) is 0.714.